The Kier molecular flexibility index (Phi) is 2.14. The lowest BCUT2D eigenvalue weighted by molar-refractivity contribution is -0.0133. The van der Waals surface area contributed by atoms with Gasteiger partial charge in [0.2, 0.25) is 0 Å². The summed E-state index contributed by atoms with van der Waals surface area (Å²) in [6, 6.07) is 7.58. The van der Waals surface area contributed by atoms with E-state index in [1.807, 2.05) is 24.3 Å². The monoisotopic (exact) mass is 234 g/mol. The lowest BCUT2D eigenvalue weighted by Gasteiger charge is -2.38. The summed E-state index contributed by atoms with van der Waals surface area (Å²) in [5.74, 6) is 0. The molecule has 1 aliphatic rings. The molecule has 16 heavy (non-hydrogen) atoms. The van der Waals surface area contributed by atoms with Crippen molar-refractivity contribution in [3.63, 3.8) is 0 Å². The van der Waals surface area contributed by atoms with Crippen LogP contribution in [0, 0.1) is 0 Å². The summed E-state index contributed by atoms with van der Waals surface area (Å²) in [5.41, 5.74) is 0.662. The summed E-state index contributed by atoms with van der Waals surface area (Å²) in [7, 11) is 0. The number of nitrogens with zero attached hydrogens (tertiary/aromatic N) is 1. The van der Waals surface area contributed by atoms with E-state index in [0.717, 1.165) is 16.5 Å². The number of fused-ring (bicyclic) bond motifs is 1. The predicted octanol–water partition coefficient (Wildman–Crippen LogP) is 1.68. The molecule has 3 nitrogen and oxygen atoms in total. The highest BCUT2D eigenvalue weighted by molar-refractivity contribution is 6.32. The van der Waals surface area contributed by atoms with Crippen LogP contribution in [0.5, 0.6) is 0 Å². The molecule has 1 aromatic heterocycles. The Hall–Kier alpha value is -1.16. The fourth-order valence-electron chi connectivity index (χ4n) is 2.10. The van der Waals surface area contributed by atoms with Crippen molar-refractivity contribution in [2.24, 2.45) is 0 Å². The number of aromatic nitrogens is 1. The predicted molar refractivity (Wildman–Crippen MR) is 63.5 cm³/mol. The smallest absolute Gasteiger partial charge is 0.118 e. The molecule has 2 aromatic rings. The number of β-amino-alcohol motifs (C(OH)–C–C–N with tert-alkyl or cyclic N) is 1. The van der Waals surface area contributed by atoms with Gasteiger partial charge in [-0.2, -0.15) is 0 Å². The van der Waals surface area contributed by atoms with Crippen molar-refractivity contribution in [1.82, 2.24) is 10.3 Å². The second-order valence-corrected chi connectivity index (χ2v) is 4.54. The Labute approximate surface area is 98.1 Å². The summed E-state index contributed by atoms with van der Waals surface area (Å²) >= 11 is 6.17. The third-order valence-electron chi connectivity index (χ3n) is 3.02. The maximum atomic E-state index is 10.4. The normalized spacial score (nSPS) is 18.4. The van der Waals surface area contributed by atoms with Crippen molar-refractivity contribution >= 4 is 22.5 Å². The minimum absolute atomic E-state index is 0.530. The van der Waals surface area contributed by atoms with Crippen LogP contribution in [0.1, 0.15) is 5.56 Å². The molecular weight excluding hydrogens is 224 g/mol. The van der Waals surface area contributed by atoms with Crippen LogP contribution >= 0.6 is 11.6 Å². The van der Waals surface area contributed by atoms with Gasteiger partial charge in [-0.3, -0.25) is 4.98 Å². The number of hydrogen-bond donors (Lipinski definition) is 2. The summed E-state index contributed by atoms with van der Waals surface area (Å²) < 4.78 is 0. The molecule has 82 valence electrons. The number of aliphatic hydroxyl groups is 1. The van der Waals surface area contributed by atoms with Gasteiger partial charge in [-0.15, -0.1) is 0 Å². The average molecular weight is 235 g/mol. The van der Waals surface area contributed by atoms with E-state index < -0.39 is 5.60 Å². The molecule has 0 amide bonds. The maximum Gasteiger partial charge on any atom is 0.118 e. The van der Waals surface area contributed by atoms with E-state index >= 15 is 0 Å². The molecule has 2 heterocycles. The van der Waals surface area contributed by atoms with Crippen molar-refractivity contribution in [3.05, 3.63) is 41.0 Å². The number of pyridine rings is 1. The lowest BCUT2D eigenvalue weighted by atomic mass is 9.86. The molecule has 0 bridgehead atoms. The molecule has 0 atom stereocenters. The Bertz CT molecular complexity index is 552. The minimum Gasteiger partial charge on any atom is -0.382 e. The molecule has 0 saturated carbocycles. The van der Waals surface area contributed by atoms with Crippen LogP contribution in [0.25, 0.3) is 10.9 Å². The number of benzene rings is 1. The van der Waals surface area contributed by atoms with Crippen LogP contribution < -0.4 is 5.32 Å². The van der Waals surface area contributed by atoms with Gasteiger partial charge in [-0.25, -0.2) is 0 Å². The van der Waals surface area contributed by atoms with E-state index in [-0.39, 0.29) is 0 Å². The van der Waals surface area contributed by atoms with Crippen molar-refractivity contribution in [3.8, 4) is 0 Å². The van der Waals surface area contributed by atoms with Crippen molar-refractivity contribution in [2.75, 3.05) is 13.1 Å². The first-order valence-corrected chi connectivity index (χ1v) is 5.55. The van der Waals surface area contributed by atoms with E-state index in [2.05, 4.69) is 10.3 Å². The molecule has 0 unspecified atom stereocenters. The first-order valence-electron chi connectivity index (χ1n) is 5.17. The van der Waals surface area contributed by atoms with Gasteiger partial charge in [0.15, 0.2) is 0 Å². The van der Waals surface area contributed by atoms with E-state index in [9.17, 15) is 5.11 Å². The topological polar surface area (TPSA) is 45.2 Å². The molecular formula is C12H11ClN2O. The Balaban J connectivity index is 2.32. The summed E-state index contributed by atoms with van der Waals surface area (Å²) in [4.78, 5) is 4.32. The quantitative estimate of drug-likeness (QED) is 0.789. The van der Waals surface area contributed by atoms with Crippen molar-refractivity contribution in [2.45, 2.75) is 5.60 Å². The molecule has 3 rings (SSSR count). The van der Waals surface area contributed by atoms with Crippen molar-refractivity contribution in [1.29, 1.82) is 0 Å². The van der Waals surface area contributed by atoms with E-state index in [4.69, 9.17) is 11.6 Å². The zero-order valence-electron chi connectivity index (χ0n) is 8.57. The van der Waals surface area contributed by atoms with Crippen LogP contribution in [-0.2, 0) is 5.60 Å². The summed E-state index contributed by atoms with van der Waals surface area (Å²) in [6.45, 7) is 1.06. The molecule has 0 radical (unpaired) electrons. The number of hydrogen-bond acceptors (Lipinski definition) is 3. The van der Waals surface area contributed by atoms with Gasteiger partial charge in [0, 0.05) is 35.3 Å². The van der Waals surface area contributed by atoms with E-state index in [1.54, 1.807) is 6.20 Å². The molecule has 1 aliphatic heterocycles. The Morgan fingerprint density at radius 2 is 2.12 bits per heavy atom. The van der Waals surface area contributed by atoms with Crippen molar-refractivity contribution < 1.29 is 5.11 Å². The second kappa shape index (κ2) is 3.42. The molecule has 1 aromatic carbocycles. The molecule has 1 fully saturated rings. The number of halogens is 1. The first kappa shape index (κ1) is 10.0. The highest BCUT2D eigenvalue weighted by Crippen LogP contribution is 2.35. The SMILES string of the molecule is OC1(c2c(Cl)ccc3cccnc23)CNC1. The van der Waals surface area contributed by atoms with E-state index in [1.165, 1.54) is 0 Å². The molecule has 4 heteroatoms. The Morgan fingerprint density at radius 3 is 2.81 bits per heavy atom. The zero-order chi connectivity index (χ0) is 11.2. The highest BCUT2D eigenvalue weighted by atomic mass is 35.5. The molecule has 0 aliphatic carbocycles. The number of nitrogens with one attached hydrogen (secondary N) is 1. The van der Waals surface area contributed by atoms with Gasteiger partial charge >= 0.3 is 0 Å². The van der Waals surface area contributed by atoms with Gasteiger partial charge in [-0.05, 0) is 12.1 Å². The van der Waals surface area contributed by atoms with Crippen LogP contribution in [0.4, 0.5) is 0 Å². The third-order valence-corrected chi connectivity index (χ3v) is 3.34. The fourth-order valence-corrected chi connectivity index (χ4v) is 2.43. The van der Waals surface area contributed by atoms with Crippen LogP contribution in [-0.4, -0.2) is 23.2 Å². The zero-order valence-corrected chi connectivity index (χ0v) is 9.33. The van der Waals surface area contributed by atoms with Gasteiger partial charge in [0.05, 0.1) is 5.52 Å². The van der Waals surface area contributed by atoms with Gasteiger partial charge in [0.1, 0.15) is 5.60 Å². The minimum atomic E-state index is -0.870. The van der Waals surface area contributed by atoms with Gasteiger partial charge in [0.25, 0.3) is 0 Å². The largest absolute Gasteiger partial charge is 0.382 e. The molecule has 0 spiro atoms. The third kappa shape index (κ3) is 1.33. The second-order valence-electron chi connectivity index (χ2n) is 4.13. The van der Waals surface area contributed by atoms with Gasteiger partial charge in [-0.1, -0.05) is 23.7 Å². The fraction of sp³-hybridized carbons (Fsp3) is 0.250. The van der Waals surface area contributed by atoms with E-state index in [0.29, 0.717) is 18.1 Å². The maximum absolute atomic E-state index is 10.4. The Morgan fingerprint density at radius 1 is 1.31 bits per heavy atom. The van der Waals surface area contributed by atoms with Crippen LogP contribution in [0.2, 0.25) is 5.02 Å². The lowest BCUT2D eigenvalue weighted by Crippen LogP contribution is -2.57. The number of rotatable bonds is 1. The van der Waals surface area contributed by atoms with Crippen LogP contribution in [0.3, 0.4) is 0 Å². The van der Waals surface area contributed by atoms with Crippen LogP contribution in [0.15, 0.2) is 30.5 Å². The standard InChI is InChI=1S/C12H11ClN2O/c13-9-4-3-8-2-1-5-15-11(8)10(9)12(16)6-14-7-12/h1-5,14,16H,6-7H2. The summed E-state index contributed by atoms with van der Waals surface area (Å²) in [6.07, 6.45) is 1.72. The highest BCUT2D eigenvalue weighted by Gasteiger charge is 2.39. The van der Waals surface area contributed by atoms with Gasteiger partial charge < -0.3 is 10.4 Å². The molecule has 2 N–H and O–H groups in total. The average Bonchev–Trinajstić information content (AvgIpc) is 2.26. The summed E-state index contributed by atoms with van der Waals surface area (Å²) in [5, 5.41) is 15.0. The first-order chi connectivity index (χ1) is 7.71. The molecule has 1 saturated heterocycles.